The number of rotatable bonds is 2. The average molecular weight is 211 g/mol. The van der Waals surface area contributed by atoms with Crippen LogP contribution in [0.3, 0.4) is 0 Å². The summed E-state index contributed by atoms with van der Waals surface area (Å²) in [7, 11) is 0. The molecule has 1 aromatic rings. The molecule has 0 unspecified atom stereocenters. The van der Waals surface area contributed by atoms with E-state index in [2.05, 4.69) is 10.3 Å². The lowest BCUT2D eigenvalue weighted by Crippen LogP contribution is -2.28. The Morgan fingerprint density at radius 2 is 2.21 bits per heavy atom. The normalized spacial score (nSPS) is 18.4. The predicted molar refractivity (Wildman–Crippen MR) is 58.5 cm³/mol. The van der Waals surface area contributed by atoms with Crippen molar-refractivity contribution in [1.82, 2.24) is 10.3 Å². The smallest absolute Gasteiger partial charge is 0.0468 e. The highest BCUT2D eigenvalue weighted by molar-refractivity contribution is 6.31. The van der Waals surface area contributed by atoms with Crippen molar-refractivity contribution in [3.63, 3.8) is 0 Å². The monoisotopic (exact) mass is 210 g/mol. The third-order valence-electron chi connectivity index (χ3n) is 2.81. The summed E-state index contributed by atoms with van der Waals surface area (Å²) in [6, 6.07) is 1.87. The van der Waals surface area contributed by atoms with Crippen molar-refractivity contribution in [2.24, 2.45) is 5.92 Å². The van der Waals surface area contributed by atoms with E-state index in [4.69, 9.17) is 11.6 Å². The lowest BCUT2D eigenvalue weighted by atomic mass is 9.92. The molecule has 0 saturated carbocycles. The SMILES string of the molecule is Clc1ccncc1CC1CCNCC1. The van der Waals surface area contributed by atoms with E-state index in [0.29, 0.717) is 0 Å². The van der Waals surface area contributed by atoms with Gasteiger partial charge in [0.05, 0.1) is 0 Å². The van der Waals surface area contributed by atoms with Gasteiger partial charge < -0.3 is 5.32 Å². The maximum Gasteiger partial charge on any atom is 0.0468 e. The number of nitrogens with one attached hydrogen (secondary N) is 1. The fourth-order valence-corrected chi connectivity index (χ4v) is 2.14. The van der Waals surface area contributed by atoms with Crippen molar-refractivity contribution < 1.29 is 0 Å². The maximum atomic E-state index is 6.09. The first-order valence-corrected chi connectivity index (χ1v) is 5.53. The number of hydrogen-bond acceptors (Lipinski definition) is 2. The van der Waals surface area contributed by atoms with Gasteiger partial charge >= 0.3 is 0 Å². The quantitative estimate of drug-likeness (QED) is 0.810. The Bertz CT molecular complexity index is 295. The maximum absolute atomic E-state index is 6.09. The zero-order chi connectivity index (χ0) is 9.80. The first-order chi connectivity index (χ1) is 6.86. The summed E-state index contributed by atoms with van der Waals surface area (Å²) in [5, 5.41) is 4.23. The second-order valence-electron chi connectivity index (χ2n) is 3.86. The number of halogens is 1. The van der Waals surface area contributed by atoms with Gasteiger partial charge in [-0.05, 0) is 49.9 Å². The van der Waals surface area contributed by atoms with Crippen molar-refractivity contribution in [3.8, 4) is 0 Å². The summed E-state index contributed by atoms with van der Waals surface area (Å²) < 4.78 is 0. The molecule has 1 aliphatic rings. The minimum Gasteiger partial charge on any atom is -0.317 e. The zero-order valence-corrected chi connectivity index (χ0v) is 8.93. The molecule has 0 aliphatic carbocycles. The van der Waals surface area contributed by atoms with Crippen LogP contribution < -0.4 is 5.32 Å². The van der Waals surface area contributed by atoms with Crippen molar-refractivity contribution in [1.29, 1.82) is 0 Å². The number of aromatic nitrogens is 1. The molecule has 3 heteroatoms. The van der Waals surface area contributed by atoms with Crippen LogP contribution in [0, 0.1) is 5.92 Å². The van der Waals surface area contributed by atoms with E-state index >= 15 is 0 Å². The molecule has 2 nitrogen and oxygen atoms in total. The van der Waals surface area contributed by atoms with Crippen LogP contribution in [0.2, 0.25) is 5.02 Å². The van der Waals surface area contributed by atoms with E-state index < -0.39 is 0 Å². The number of pyridine rings is 1. The fourth-order valence-electron chi connectivity index (χ4n) is 1.96. The predicted octanol–water partition coefficient (Wildman–Crippen LogP) is 2.28. The van der Waals surface area contributed by atoms with E-state index in [0.717, 1.165) is 30.5 Å². The van der Waals surface area contributed by atoms with Crippen molar-refractivity contribution >= 4 is 11.6 Å². The van der Waals surface area contributed by atoms with Gasteiger partial charge in [-0.3, -0.25) is 4.98 Å². The van der Waals surface area contributed by atoms with E-state index in [-0.39, 0.29) is 0 Å². The van der Waals surface area contributed by atoms with E-state index in [9.17, 15) is 0 Å². The highest BCUT2D eigenvalue weighted by atomic mass is 35.5. The molecule has 0 spiro atoms. The van der Waals surface area contributed by atoms with Crippen LogP contribution in [-0.2, 0) is 6.42 Å². The Morgan fingerprint density at radius 1 is 1.43 bits per heavy atom. The van der Waals surface area contributed by atoms with Crippen LogP contribution in [0.5, 0.6) is 0 Å². The molecule has 1 aromatic heterocycles. The Kier molecular flexibility index (Phi) is 3.38. The van der Waals surface area contributed by atoms with Crippen LogP contribution in [0.25, 0.3) is 0 Å². The Morgan fingerprint density at radius 3 is 2.93 bits per heavy atom. The Balaban J connectivity index is 1.99. The molecule has 1 fully saturated rings. The van der Waals surface area contributed by atoms with Crippen LogP contribution in [0.15, 0.2) is 18.5 Å². The second kappa shape index (κ2) is 4.76. The molecule has 76 valence electrons. The lowest BCUT2D eigenvalue weighted by Gasteiger charge is -2.22. The molecule has 0 bridgehead atoms. The summed E-state index contributed by atoms with van der Waals surface area (Å²) in [6.45, 7) is 2.28. The average Bonchev–Trinajstić information content (AvgIpc) is 2.23. The molecule has 0 amide bonds. The molecule has 0 radical (unpaired) electrons. The van der Waals surface area contributed by atoms with Gasteiger partial charge in [0.2, 0.25) is 0 Å². The number of piperidine rings is 1. The summed E-state index contributed by atoms with van der Waals surface area (Å²) >= 11 is 6.09. The molecule has 1 N–H and O–H groups in total. The van der Waals surface area contributed by atoms with Gasteiger partial charge in [0, 0.05) is 17.4 Å². The van der Waals surface area contributed by atoms with Gasteiger partial charge in [0.15, 0.2) is 0 Å². The van der Waals surface area contributed by atoms with Crippen LogP contribution in [-0.4, -0.2) is 18.1 Å². The van der Waals surface area contributed by atoms with Crippen molar-refractivity contribution in [2.75, 3.05) is 13.1 Å². The summed E-state index contributed by atoms with van der Waals surface area (Å²) in [5.74, 6) is 0.776. The highest BCUT2D eigenvalue weighted by Crippen LogP contribution is 2.22. The van der Waals surface area contributed by atoms with Gasteiger partial charge in [0.1, 0.15) is 0 Å². The summed E-state index contributed by atoms with van der Waals surface area (Å²) in [6.07, 6.45) is 7.23. The molecule has 1 aliphatic heterocycles. The number of hydrogen-bond donors (Lipinski definition) is 1. The molecule has 2 rings (SSSR count). The highest BCUT2D eigenvalue weighted by Gasteiger charge is 2.14. The summed E-state index contributed by atoms with van der Waals surface area (Å²) in [5.41, 5.74) is 1.20. The van der Waals surface area contributed by atoms with Gasteiger partial charge in [-0.1, -0.05) is 11.6 Å². The van der Waals surface area contributed by atoms with Crippen molar-refractivity contribution in [2.45, 2.75) is 19.3 Å². The zero-order valence-electron chi connectivity index (χ0n) is 8.17. The standard InChI is InChI=1S/C11H15ClN2/c12-11-3-6-14-8-10(11)7-9-1-4-13-5-2-9/h3,6,8-9,13H,1-2,4-5,7H2. The second-order valence-corrected chi connectivity index (χ2v) is 4.27. The first kappa shape index (κ1) is 9.94. The van der Waals surface area contributed by atoms with Crippen LogP contribution >= 0.6 is 11.6 Å². The van der Waals surface area contributed by atoms with E-state index in [1.165, 1.54) is 18.4 Å². The van der Waals surface area contributed by atoms with E-state index in [1.54, 1.807) is 6.20 Å². The molecule has 0 aromatic carbocycles. The molecular weight excluding hydrogens is 196 g/mol. The molecule has 1 saturated heterocycles. The Labute approximate surface area is 89.7 Å². The van der Waals surface area contributed by atoms with E-state index in [1.807, 2.05) is 12.3 Å². The van der Waals surface area contributed by atoms with Gasteiger partial charge in [-0.15, -0.1) is 0 Å². The largest absolute Gasteiger partial charge is 0.317 e. The lowest BCUT2D eigenvalue weighted by molar-refractivity contribution is 0.372. The fraction of sp³-hybridized carbons (Fsp3) is 0.545. The topological polar surface area (TPSA) is 24.9 Å². The summed E-state index contributed by atoms with van der Waals surface area (Å²) in [4.78, 5) is 4.11. The van der Waals surface area contributed by atoms with Gasteiger partial charge in [-0.2, -0.15) is 0 Å². The third-order valence-corrected chi connectivity index (χ3v) is 3.18. The Hall–Kier alpha value is -0.600. The third kappa shape index (κ3) is 2.46. The number of nitrogens with zero attached hydrogens (tertiary/aromatic N) is 1. The molecule has 0 atom stereocenters. The van der Waals surface area contributed by atoms with Crippen LogP contribution in [0.1, 0.15) is 18.4 Å². The van der Waals surface area contributed by atoms with Crippen molar-refractivity contribution in [3.05, 3.63) is 29.0 Å². The van der Waals surface area contributed by atoms with Gasteiger partial charge in [-0.25, -0.2) is 0 Å². The minimum atomic E-state index is 0.776. The molecule has 2 heterocycles. The molecule has 14 heavy (non-hydrogen) atoms. The first-order valence-electron chi connectivity index (χ1n) is 5.15. The van der Waals surface area contributed by atoms with Crippen LogP contribution in [0.4, 0.5) is 0 Å². The minimum absolute atomic E-state index is 0.776. The molecular formula is C11H15ClN2. The van der Waals surface area contributed by atoms with Gasteiger partial charge in [0.25, 0.3) is 0 Å².